The summed E-state index contributed by atoms with van der Waals surface area (Å²) in [5, 5.41) is 5.03. The molecule has 1 aliphatic heterocycles. The van der Waals surface area contributed by atoms with Gasteiger partial charge < -0.3 is 15.0 Å². The first-order valence-electron chi connectivity index (χ1n) is 8.52. The van der Waals surface area contributed by atoms with Gasteiger partial charge in [0.15, 0.2) is 0 Å². The zero-order valence-corrected chi connectivity index (χ0v) is 15.1. The van der Waals surface area contributed by atoms with Crippen LogP contribution in [0.25, 0.3) is 10.8 Å². The Morgan fingerprint density at radius 1 is 1.08 bits per heavy atom. The summed E-state index contributed by atoms with van der Waals surface area (Å²) in [5.74, 6) is -0.106. The Kier molecular flexibility index (Phi) is 4.41. The van der Waals surface area contributed by atoms with E-state index in [2.05, 4.69) is 5.32 Å². The molecule has 0 saturated carbocycles. The molecule has 1 N–H and O–H groups in total. The first kappa shape index (κ1) is 17.3. The minimum atomic E-state index is -0.508. The monoisotopic (exact) mass is 340 g/mol. The standard InChI is InChI=1S/C20H24N2O3/c1-13-9-10-17(16-8-6-5-7-15(13)16)18(23)21-14-11-22(12-14)19(24)25-20(2,3)4/h5-10,14H,11-12H2,1-4H3,(H,21,23). The largest absolute Gasteiger partial charge is 0.444 e. The average Bonchev–Trinajstić information content (AvgIpc) is 2.49. The van der Waals surface area contributed by atoms with Crippen LogP contribution < -0.4 is 5.32 Å². The Bertz CT molecular complexity index is 817. The lowest BCUT2D eigenvalue weighted by Crippen LogP contribution is -2.61. The highest BCUT2D eigenvalue weighted by atomic mass is 16.6. The highest BCUT2D eigenvalue weighted by Crippen LogP contribution is 2.23. The van der Waals surface area contributed by atoms with Gasteiger partial charge in [0.25, 0.3) is 5.91 Å². The van der Waals surface area contributed by atoms with Gasteiger partial charge in [-0.2, -0.15) is 0 Å². The molecule has 0 aromatic heterocycles. The van der Waals surface area contributed by atoms with E-state index in [-0.39, 0.29) is 18.0 Å². The van der Waals surface area contributed by atoms with Crippen molar-refractivity contribution in [3.8, 4) is 0 Å². The lowest BCUT2D eigenvalue weighted by atomic mass is 9.99. The van der Waals surface area contributed by atoms with Crippen LogP contribution in [0.2, 0.25) is 0 Å². The molecule has 2 aromatic carbocycles. The molecule has 2 amide bonds. The SMILES string of the molecule is Cc1ccc(C(=O)NC2CN(C(=O)OC(C)(C)C)C2)c2ccccc12. The molecular formula is C20H24N2O3. The van der Waals surface area contributed by atoms with Crippen LogP contribution in [0, 0.1) is 6.92 Å². The number of nitrogens with one attached hydrogen (secondary N) is 1. The average molecular weight is 340 g/mol. The number of aryl methyl sites for hydroxylation is 1. The molecule has 132 valence electrons. The van der Waals surface area contributed by atoms with Gasteiger partial charge in [-0.05, 0) is 50.1 Å². The van der Waals surface area contributed by atoms with Crippen molar-refractivity contribution in [2.75, 3.05) is 13.1 Å². The van der Waals surface area contributed by atoms with Crippen LogP contribution in [0.4, 0.5) is 4.79 Å². The number of amides is 2. The summed E-state index contributed by atoms with van der Waals surface area (Å²) in [5.41, 5.74) is 1.30. The topological polar surface area (TPSA) is 58.6 Å². The van der Waals surface area contributed by atoms with Gasteiger partial charge in [-0.1, -0.05) is 30.3 Å². The molecule has 5 nitrogen and oxygen atoms in total. The maximum atomic E-state index is 12.6. The molecule has 1 saturated heterocycles. The maximum Gasteiger partial charge on any atom is 0.410 e. The van der Waals surface area contributed by atoms with E-state index in [0.29, 0.717) is 18.7 Å². The Labute approximate surface area is 148 Å². The molecule has 1 heterocycles. The number of benzene rings is 2. The van der Waals surface area contributed by atoms with Crippen molar-refractivity contribution in [1.29, 1.82) is 0 Å². The second kappa shape index (κ2) is 6.39. The third-order valence-corrected chi connectivity index (χ3v) is 4.26. The van der Waals surface area contributed by atoms with Crippen molar-refractivity contribution in [2.45, 2.75) is 39.3 Å². The van der Waals surface area contributed by atoms with Gasteiger partial charge in [0.05, 0.1) is 6.04 Å². The third kappa shape index (κ3) is 3.76. The Balaban J connectivity index is 1.64. The maximum absolute atomic E-state index is 12.6. The molecule has 0 unspecified atom stereocenters. The Morgan fingerprint density at radius 3 is 2.36 bits per heavy atom. The third-order valence-electron chi connectivity index (χ3n) is 4.26. The van der Waals surface area contributed by atoms with Crippen LogP contribution >= 0.6 is 0 Å². The number of ether oxygens (including phenoxy) is 1. The Hall–Kier alpha value is -2.56. The minimum Gasteiger partial charge on any atom is -0.444 e. The molecule has 3 rings (SSSR count). The molecule has 0 aliphatic carbocycles. The van der Waals surface area contributed by atoms with Crippen LogP contribution in [-0.4, -0.2) is 41.6 Å². The van der Waals surface area contributed by atoms with Gasteiger partial charge >= 0.3 is 6.09 Å². The van der Waals surface area contributed by atoms with Crippen LogP contribution in [0.1, 0.15) is 36.7 Å². The van der Waals surface area contributed by atoms with E-state index in [1.807, 2.05) is 64.1 Å². The van der Waals surface area contributed by atoms with Gasteiger partial charge in [-0.15, -0.1) is 0 Å². The molecule has 0 bridgehead atoms. The van der Waals surface area contributed by atoms with Crippen molar-refractivity contribution < 1.29 is 14.3 Å². The quantitative estimate of drug-likeness (QED) is 0.910. The number of carbonyl (C=O) groups excluding carboxylic acids is 2. The summed E-state index contributed by atoms with van der Waals surface area (Å²) in [6.45, 7) is 8.51. The van der Waals surface area contributed by atoms with Crippen molar-refractivity contribution in [2.24, 2.45) is 0 Å². The fourth-order valence-electron chi connectivity index (χ4n) is 2.96. The molecule has 5 heteroatoms. The second-order valence-corrected chi connectivity index (χ2v) is 7.53. The van der Waals surface area contributed by atoms with Crippen LogP contribution in [0.15, 0.2) is 36.4 Å². The van der Waals surface area contributed by atoms with Gasteiger partial charge in [0, 0.05) is 18.7 Å². The first-order chi connectivity index (χ1) is 11.7. The summed E-state index contributed by atoms with van der Waals surface area (Å²) in [6.07, 6.45) is -0.334. The zero-order chi connectivity index (χ0) is 18.2. The molecule has 25 heavy (non-hydrogen) atoms. The number of carbonyl (C=O) groups is 2. The van der Waals surface area contributed by atoms with Crippen molar-refractivity contribution in [1.82, 2.24) is 10.2 Å². The fraction of sp³-hybridized carbons (Fsp3) is 0.400. The van der Waals surface area contributed by atoms with Crippen LogP contribution in [-0.2, 0) is 4.74 Å². The normalized spacial score (nSPS) is 15.0. The molecule has 0 atom stereocenters. The van der Waals surface area contributed by atoms with Gasteiger partial charge in [-0.25, -0.2) is 4.79 Å². The van der Waals surface area contributed by atoms with E-state index >= 15 is 0 Å². The van der Waals surface area contributed by atoms with E-state index in [1.165, 1.54) is 0 Å². The van der Waals surface area contributed by atoms with E-state index in [4.69, 9.17) is 4.74 Å². The molecular weight excluding hydrogens is 316 g/mol. The lowest BCUT2D eigenvalue weighted by Gasteiger charge is -2.40. The van der Waals surface area contributed by atoms with Crippen LogP contribution in [0.5, 0.6) is 0 Å². The molecule has 0 radical (unpaired) electrons. The van der Waals surface area contributed by atoms with Gasteiger partial charge in [-0.3, -0.25) is 4.79 Å². The molecule has 1 aliphatic rings. The van der Waals surface area contributed by atoms with Gasteiger partial charge in [0.2, 0.25) is 0 Å². The first-order valence-corrected chi connectivity index (χ1v) is 8.52. The summed E-state index contributed by atoms with van der Waals surface area (Å²) in [7, 11) is 0. The summed E-state index contributed by atoms with van der Waals surface area (Å²) < 4.78 is 5.32. The van der Waals surface area contributed by atoms with E-state index in [9.17, 15) is 9.59 Å². The van der Waals surface area contributed by atoms with E-state index in [0.717, 1.165) is 16.3 Å². The fourth-order valence-corrected chi connectivity index (χ4v) is 2.96. The number of likely N-dealkylation sites (tertiary alicyclic amines) is 1. The second-order valence-electron chi connectivity index (χ2n) is 7.53. The number of hydrogen-bond acceptors (Lipinski definition) is 3. The van der Waals surface area contributed by atoms with Crippen molar-refractivity contribution in [3.63, 3.8) is 0 Å². The van der Waals surface area contributed by atoms with Gasteiger partial charge in [0.1, 0.15) is 5.60 Å². The lowest BCUT2D eigenvalue weighted by molar-refractivity contribution is 0.00534. The molecule has 2 aromatic rings. The number of hydrogen-bond donors (Lipinski definition) is 1. The highest BCUT2D eigenvalue weighted by Gasteiger charge is 2.34. The predicted octanol–water partition coefficient (Wildman–Crippen LogP) is 3.50. The number of fused-ring (bicyclic) bond motifs is 1. The number of rotatable bonds is 2. The smallest absolute Gasteiger partial charge is 0.410 e. The summed E-state index contributed by atoms with van der Waals surface area (Å²) in [4.78, 5) is 26.2. The molecule has 0 spiro atoms. The molecule has 1 fully saturated rings. The zero-order valence-electron chi connectivity index (χ0n) is 15.1. The van der Waals surface area contributed by atoms with E-state index in [1.54, 1.807) is 4.90 Å². The predicted molar refractivity (Wildman–Crippen MR) is 97.7 cm³/mol. The summed E-state index contributed by atoms with van der Waals surface area (Å²) >= 11 is 0. The Morgan fingerprint density at radius 2 is 1.72 bits per heavy atom. The highest BCUT2D eigenvalue weighted by molar-refractivity contribution is 6.08. The van der Waals surface area contributed by atoms with Crippen LogP contribution in [0.3, 0.4) is 0 Å². The van der Waals surface area contributed by atoms with Crippen molar-refractivity contribution in [3.05, 3.63) is 47.5 Å². The number of nitrogens with zero attached hydrogens (tertiary/aromatic N) is 1. The minimum absolute atomic E-state index is 0.0416. The summed E-state index contributed by atoms with van der Waals surface area (Å²) in [6, 6.07) is 11.7. The van der Waals surface area contributed by atoms with E-state index < -0.39 is 5.60 Å². The van der Waals surface area contributed by atoms with Crippen molar-refractivity contribution >= 4 is 22.8 Å².